The Morgan fingerprint density at radius 1 is 1.47 bits per heavy atom. The van der Waals surface area contributed by atoms with Crippen molar-refractivity contribution in [3.8, 4) is 5.75 Å². The van der Waals surface area contributed by atoms with Crippen molar-refractivity contribution in [2.45, 2.75) is 32.9 Å². The van der Waals surface area contributed by atoms with Gasteiger partial charge in [-0.3, -0.25) is 0 Å². The van der Waals surface area contributed by atoms with Crippen LogP contribution in [0.1, 0.15) is 32.4 Å². The maximum Gasteiger partial charge on any atom is 0.125 e. The molecule has 1 rings (SSSR count). The summed E-state index contributed by atoms with van der Waals surface area (Å²) in [5.74, 6) is 0.911. The fourth-order valence-corrected chi connectivity index (χ4v) is 2.01. The van der Waals surface area contributed by atoms with Crippen LogP contribution in [0.15, 0.2) is 35.3 Å². The summed E-state index contributed by atoms with van der Waals surface area (Å²) >= 11 is 3.50. The van der Waals surface area contributed by atoms with Gasteiger partial charge in [0.1, 0.15) is 11.9 Å². The lowest BCUT2D eigenvalue weighted by atomic mass is 10.1. The predicted molar refractivity (Wildman–Crippen MR) is 76.5 cm³/mol. The molecular formula is C14H20BrNO. The summed E-state index contributed by atoms with van der Waals surface area (Å²) in [5, 5.41) is 3.39. The topological polar surface area (TPSA) is 21.3 Å². The van der Waals surface area contributed by atoms with Gasteiger partial charge in [-0.15, -0.1) is 0 Å². The van der Waals surface area contributed by atoms with Crippen molar-refractivity contribution in [2.24, 2.45) is 0 Å². The number of nitrogens with one attached hydrogen (secondary N) is 1. The van der Waals surface area contributed by atoms with Gasteiger partial charge < -0.3 is 10.1 Å². The maximum atomic E-state index is 5.84. The number of halogens is 1. The summed E-state index contributed by atoms with van der Waals surface area (Å²) in [6.07, 6.45) is 1.81. The Labute approximate surface area is 112 Å². The molecule has 3 heteroatoms. The molecule has 1 N–H and O–H groups in total. The van der Waals surface area contributed by atoms with Crippen LogP contribution in [-0.4, -0.2) is 12.6 Å². The van der Waals surface area contributed by atoms with Gasteiger partial charge in [0.2, 0.25) is 0 Å². The Hall–Kier alpha value is -0.800. The highest BCUT2D eigenvalue weighted by atomic mass is 79.9. The third kappa shape index (κ3) is 4.17. The minimum Gasteiger partial charge on any atom is -0.486 e. The summed E-state index contributed by atoms with van der Waals surface area (Å²) in [4.78, 5) is 0. The van der Waals surface area contributed by atoms with Gasteiger partial charge in [-0.05, 0) is 38.6 Å². The second-order valence-corrected chi connectivity index (χ2v) is 4.94. The molecule has 0 aliphatic carbocycles. The first-order chi connectivity index (χ1) is 8.08. The second kappa shape index (κ2) is 6.82. The van der Waals surface area contributed by atoms with Crippen molar-refractivity contribution in [2.75, 3.05) is 6.54 Å². The van der Waals surface area contributed by atoms with Crippen molar-refractivity contribution in [3.05, 3.63) is 40.9 Å². The van der Waals surface area contributed by atoms with Crippen molar-refractivity contribution in [3.63, 3.8) is 0 Å². The first-order valence-corrected chi connectivity index (χ1v) is 6.69. The van der Waals surface area contributed by atoms with E-state index in [1.165, 1.54) is 0 Å². The molecule has 17 heavy (non-hydrogen) atoms. The Bertz CT molecular complexity index is 378. The smallest absolute Gasteiger partial charge is 0.125 e. The summed E-state index contributed by atoms with van der Waals surface area (Å²) in [5.41, 5.74) is 1.16. The van der Waals surface area contributed by atoms with Crippen LogP contribution >= 0.6 is 15.9 Å². The van der Waals surface area contributed by atoms with Crippen molar-refractivity contribution in [1.82, 2.24) is 5.32 Å². The van der Waals surface area contributed by atoms with E-state index in [1.807, 2.05) is 19.1 Å². The van der Waals surface area contributed by atoms with E-state index in [0.29, 0.717) is 0 Å². The molecule has 1 aromatic carbocycles. The van der Waals surface area contributed by atoms with Crippen LogP contribution in [-0.2, 0) is 0 Å². The molecule has 2 atom stereocenters. The highest BCUT2D eigenvalue weighted by Crippen LogP contribution is 2.29. The molecule has 2 nitrogen and oxygen atoms in total. The van der Waals surface area contributed by atoms with Crippen molar-refractivity contribution in [1.29, 1.82) is 0 Å². The average molecular weight is 298 g/mol. The van der Waals surface area contributed by atoms with Crippen LogP contribution in [0.5, 0.6) is 5.75 Å². The third-order valence-corrected chi connectivity index (χ3v) is 3.09. The quantitative estimate of drug-likeness (QED) is 0.799. The van der Waals surface area contributed by atoms with E-state index >= 15 is 0 Å². The summed E-state index contributed by atoms with van der Waals surface area (Å²) in [6.45, 7) is 10.9. The van der Waals surface area contributed by atoms with E-state index in [1.54, 1.807) is 6.08 Å². The lowest BCUT2D eigenvalue weighted by molar-refractivity contribution is 0.265. The number of ether oxygens (including phenoxy) is 1. The summed E-state index contributed by atoms with van der Waals surface area (Å²) in [7, 11) is 0. The molecule has 0 spiro atoms. The zero-order valence-corrected chi connectivity index (χ0v) is 12.3. The highest BCUT2D eigenvalue weighted by Gasteiger charge is 2.12. The highest BCUT2D eigenvalue weighted by molar-refractivity contribution is 9.10. The van der Waals surface area contributed by atoms with E-state index in [2.05, 4.69) is 47.7 Å². The van der Waals surface area contributed by atoms with Crippen LogP contribution in [0.3, 0.4) is 0 Å². The van der Waals surface area contributed by atoms with Gasteiger partial charge in [0.15, 0.2) is 0 Å². The largest absolute Gasteiger partial charge is 0.486 e. The van der Waals surface area contributed by atoms with E-state index in [-0.39, 0.29) is 12.1 Å². The maximum absolute atomic E-state index is 5.84. The zero-order valence-electron chi connectivity index (χ0n) is 10.7. The van der Waals surface area contributed by atoms with Crippen LogP contribution < -0.4 is 10.1 Å². The first-order valence-electron chi connectivity index (χ1n) is 5.90. The molecule has 0 aromatic heterocycles. The van der Waals surface area contributed by atoms with Gasteiger partial charge in [0.05, 0.1) is 0 Å². The van der Waals surface area contributed by atoms with Crippen LogP contribution in [0.2, 0.25) is 0 Å². The first kappa shape index (κ1) is 14.3. The van der Waals surface area contributed by atoms with Crippen LogP contribution in [0.25, 0.3) is 0 Å². The third-order valence-electron chi connectivity index (χ3n) is 2.59. The predicted octanol–water partition coefficient (Wildman–Crippen LogP) is 4.07. The Morgan fingerprint density at radius 2 is 2.18 bits per heavy atom. The van der Waals surface area contributed by atoms with Gasteiger partial charge in [-0.1, -0.05) is 35.5 Å². The number of hydrogen-bond donors (Lipinski definition) is 1. The van der Waals surface area contributed by atoms with E-state index < -0.39 is 0 Å². The average Bonchev–Trinajstić information content (AvgIpc) is 2.31. The van der Waals surface area contributed by atoms with Gasteiger partial charge in [0, 0.05) is 16.1 Å². The van der Waals surface area contributed by atoms with Crippen molar-refractivity contribution < 1.29 is 4.74 Å². The van der Waals surface area contributed by atoms with E-state index in [9.17, 15) is 0 Å². The number of hydrogen-bond acceptors (Lipinski definition) is 2. The molecule has 2 unspecified atom stereocenters. The normalized spacial score (nSPS) is 14.1. The molecule has 94 valence electrons. The molecule has 0 radical (unpaired) electrons. The Kier molecular flexibility index (Phi) is 5.72. The molecule has 0 saturated heterocycles. The molecule has 0 amide bonds. The minimum absolute atomic E-state index is 0.0174. The lowest BCUT2D eigenvalue weighted by Crippen LogP contribution is -2.19. The molecule has 0 fully saturated rings. The van der Waals surface area contributed by atoms with E-state index in [4.69, 9.17) is 4.74 Å². The second-order valence-electron chi connectivity index (χ2n) is 4.02. The molecule has 0 aliphatic heterocycles. The SMILES string of the molecule is C=CC(C)Oc1ccc(Br)cc1C(C)NCC. The molecular weight excluding hydrogens is 278 g/mol. The fraction of sp³-hybridized carbons (Fsp3) is 0.429. The standard InChI is InChI=1S/C14H20BrNO/c1-5-10(3)17-14-8-7-12(15)9-13(14)11(4)16-6-2/h5,7-11,16H,1,6H2,2-4H3. The van der Waals surface area contributed by atoms with Gasteiger partial charge >= 0.3 is 0 Å². The molecule has 0 aliphatic rings. The van der Waals surface area contributed by atoms with Crippen molar-refractivity contribution >= 4 is 15.9 Å². The monoisotopic (exact) mass is 297 g/mol. The van der Waals surface area contributed by atoms with Gasteiger partial charge in [0.25, 0.3) is 0 Å². The van der Waals surface area contributed by atoms with E-state index in [0.717, 1.165) is 22.3 Å². The lowest BCUT2D eigenvalue weighted by Gasteiger charge is -2.20. The molecule has 0 heterocycles. The number of rotatable bonds is 6. The Balaban J connectivity index is 2.98. The minimum atomic E-state index is 0.0174. The fourth-order valence-electron chi connectivity index (χ4n) is 1.63. The molecule has 0 saturated carbocycles. The van der Waals surface area contributed by atoms with Crippen LogP contribution in [0, 0.1) is 0 Å². The number of benzene rings is 1. The van der Waals surface area contributed by atoms with Crippen LogP contribution in [0.4, 0.5) is 0 Å². The van der Waals surface area contributed by atoms with Gasteiger partial charge in [-0.2, -0.15) is 0 Å². The molecule has 1 aromatic rings. The summed E-state index contributed by atoms with van der Waals surface area (Å²) < 4.78 is 6.90. The summed E-state index contributed by atoms with van der Waals surface area (Å²) in [6, 6.07) is 6.35. The Morgan fingerprint density at radius 3 is 2.76 bits per heavy atom. The zero-order chi connectivity index (χ0) is 12.8. The molecule has 0 bridgehead atoms. The van der Waals surface area contributed by atoms with Gasteiger partial charge in [-0.25, -0.2) is 0 Å².